The summed E-state index contributed by atoms with van der Waals surface area (Å²) in [6.45, 7) is 5.91. The molecule has 4 heteroatoms. The van der Waals surface area contributed by atoms with Crippen molar-refractivity contribution in [2.75, 3.05) is 0 Å². The van der Waals surface area contributed by atoms with E-state index in [0.29, 0.717) is 6.42 Å². The van der Waals surface area contributed by atoms with E-state index in [-0.39, 0.29) is 12.8 Å². The molecule has 0 saturated carbocycles. The highest BCUT2D eigenvalue weighted by atomic mass is 16.4. The minimum atomic E-state index is -1.80. The van der Waals surface area contributed by atoms with Gasteiger partial charge in [0.15, 0.2) is 5.41 Å². The second-order valence-electron chi connectivity index (χ2n) is 8.08. The Labute approximate surface area is 187 Å². The second kappa shape index (κ2) is 14.3. The number of hydrogen-bond acceptors (Lipinski definition) is 2. The Balaban J connectivity index is 2.90. The summed E-state index contributed by atoms with van der Waals surface area (Å²) in [5.74, 6) is 9.43. The van der Waals surface area contributed by atoms with Crippen LogP contribution < -0.4 is 0 Å². The van der Waals surface area contributed by atoms with Gasteiger partial charge in [-0.3, -0.25) is 9.59 Å². The smallest absolute Gasteiger partial charge is 0.321 e. The van der Waals surface area contributed by atoms with Crippen molar-refractivity contribution in [2.24, 2.45) is 11.3 Å². The third-order valence-electron chi connectivity index (χ3n) is 5.77. The van der Waals surface area contributed by atoms with Gasteiger partial charge in [-0.1, -0.05) is 88.7 Å². The number of hydrogen-bond donors (Lipinski definition) is 2. The zero-order valence-electron chi connectivity index (χ0n) is 19.2. The first-order chi connectivity index (χ1) is 14.9. The van der Waals surface area contributed by atoms with Gasteiger partial charge >= 0.3 is 11.9 Å². The van der Waals surface area contributed by atoms with Crippen molar-refractivity contribution >= 4 is 11.9 Å². The van der Waals surface area contributed by atoms with Crippen molar-refractivity contribution in [3.05, 3.63) is 35.4 Å². The van der Waals surface area contributed by atoms with Crippen LogP contribution in [0, 0.1) is 35.0 Å². The molecule has 2 N–H and O–H groups in total. The van der Waals surface area contributed by atoms with Gasteiger partial charge in [-0.05, 0) is 37.3 Å². The molecule has 1 aromatic rings. The van der Waals surface area contributed by atoms with Gasteiger partial charge in [0.05, 0.1) is 0 Å². The summed E-state index contributed by atoms with van der Waals surface area (Å²) in [5.41, 5.74) is -0.162. The summed E-state index contributed by atoms with van der Waals surface area (Å²) >= 11 is 0. The molecule has 4 nitrogen and oxygen atoms in total. The maximum Gasteiger partial charge on any atom is 0.321 e. The minimum absolute atomic E-state index is 0.0131. The van der Waals surface area contributed by atoms with Gasteiger partial charge in [0.2, 0.25) is 0 Å². The number of carbonyl (C=O) groups is 2. The Morgan fingerprint density at radius 1 is 0.871 bits per heavy atom. The van der Waals surface area contributed by atoms with Crippen LogP contribution in [0.15, 0.2) is 24.3 Å². The molecule has 0 radical (unpaired) electrons. The van der Waals surface area contributed by atoms with E-state index in [0.717, 1.165) is 36.8 Å². The zero-order chi connectivity index (χ0) is 23.1. The molecular weight excluding hydrogens is 388 g/mol. The molecule has 31 heavy (non-hydrogen) atoms. The summed E-state index contributed by atoms with van der Waals surface area (Å²) in [7, 11) is 0. The number of rotatable bonds is 12. The van der Waals surface area contributed by atoms with Gasteiger partial charge in [-0.25, -0.2) is 0 Å². The Morgan fingerprint density at radius 3 is 1.94 bits per heavy atom. The molecule has 0 aromatic heterocycles. The van der Waals surface area contributed by atoms with Gasteiger partial charge in [0, 0.05) is 24.0 Å². The molecule has 0 saturated heterocycles. The van der Waals surface area contributed by atoms with Gasteiger partial charge < -0.3 is 10.2 Å². The minimum Gasteiger partial charge on any atom is -0.480 e. The zero-order valence-corrected chi connectivity index (χ0v) is 19.2. The highest BCUT2D eigenvalue weighted by molar-refractivity contribution is 5.98. The van der Waals surface area contributed by atoms with Crippen LogP contribution in [0.1, 0.15) is 96.1 Å². The van der Waals surface area contributed by atoms with Crippen molar-refractivity contribution in [2.45, 2.75) is 85.0 Å². The monoisotopic (exact) mass is 424 g/mol. The molecule has 0 amide bonds. The summed E-state index contributed by atoms with van der Waals surface area (Å²) in [6.07, 6.45) is 8.04. The van der Waals surface area contributed by atoms with Crippen molar-refractivity contribution in [1.82, 2.24) is 0 Å². The molecule has 0 aliphatic carbocycles. The molecule has 1 unspecified atom stereocenters. The number of carboxylic acids is 2. The van der Waals surface area contributed by atoms with Crippen LogP contribution in [-0.2, 0) is 9.59 Å². The van der Waals surface area contributed by atoms with E-state index in [1.807, 2.05) is 31.2 Å². The maximum atomic E-state index is 12.0. The van der Waals surface area contributed by atoms with Gasteiger partial charge in [0.1, 0.15) is 0 Å². The van der Waals surface area contributed by atoms with Crippen LogP contribution in [0.5, 0.6) is 0 Å². The predicted molar refractivity (Wildman–Crippen MR) is 125 cm³/mol. The van der Waals surface area contributed by atoms with Crippen LogP contribution >= 0.6 is 0 Å². The Bertz CT molecular complexity index is 818. The number of benzene rings is 1. The average Bonchev–Trinajstić information content (AvgIpc) is 2.74. The first-order valence-corrected chi connectivity index (χ1v) is 11.4. The third kappa shape index (κ3) is 8.14. The summed E-state index contributed by atoms with van der Waals surface area (Å²) in [4.78, 5) is 23.9. The largest absolute Gasteiger partial charge is 0.480 e. The topological polar surface area (TPSA) is 74.6 Å². The van der Waals surface area contributed by atoms with Crippen molar-refractivity contribution in [1.29, 1.82) is 0 Å². The Kier molecular flexibility index (Phi) is 12.2. The molecule has 1 atom stereocenters. The molecule has 0 bridgehead atoms. The van der Waals surface area contributed by atoms with Gasteiger partial charge in [-0.2, -0.15) is 0 Å². The highest BCUT2D eigenvalue weighted by Crippen LogP contribution is 2.37. The average molecular weight is 425 g/mol. The van der Waals surface area contributed by atoms with E-state index in [4.69, 9.17) is 0 Å². The fourth-order valence-electron chi connectivity index (χ4n) is 3.65. The lowest BCUT2D eigenvalue weighted by molar-refractivity contribution is -0.169. The molecule has 0 aliphatic heterocycles. The highest BCUT2D eigenvalue weighted by Gasteiger charge is 2.50. The molecule has 0 heterocycles. The SMILES string of the molecule is CCCCCCC#Cc1ccccc1C#CCCC(C(=O)O)(C(=O)O)C(C)CCCC. The number of unbranched alkanes of at least 4 members (excludes halogenated alkanes) is 5. The van der Waals surface area contributed by atoms with Crippen molar-refractivity contribution in [3.8, 4) is 23.7 Å². The third-order valence-corrected chi connectivity index (χ3v) is 5.77. The lowest BCUT2D eigenvalue weighted by atomic mass is 9.71. The molecule has 1 rings (SSSR count). The second-order valence-corrected chi connectivity index (χ2v) is 8.08. The van der Waals surface area contributed by atoms with E-state index >= 15 is 0 Å². The van der Waals surface area contributed by atoms with Crippen LogP contribution in [0.2, 0.25) is 0 Å². The standard InChI is InChI=1S/C27H36O4/c1-4-6-8-9-10-11-17-23-18-12-13-19-24(23)20-14-15-21-27(25(28)29,26(30)31)22(3)16-7-5-2/h12-13,18-19,22H,4-10,15-16,21H2,1-3H3,(H,28,29)(H,30,31). The first kappa shape index (κ1) is 26.3. The molecule has 1 aromatic carbocycles. The van der Waals surface area contributed by atoms with Crippen LogP contribution in [-0.4, -0.2) is 22.2 Å². The van der Waals surface area contributed by atoms with E-state index in [9.17, 15) is 19.8 Å². The molecule has 0 aliphatic rings. The van der Waals surface area contributed by atoms with Gasteiger partial charge in [-0.15, -0.1) is 0 Å². The fraction of sp³-hybridized carbons (Fsp3) is 0.556. The molecule has 168 valence electrons. The number of aliphatic carboxylic acids is 2. The van der Waals surface area contributed by atoms with Gasteiger partial charge in [0.25, 0.3) is 0 Å². The normalized spacial score (nSPS) is 11.6. The van der Waals surface area contributed by atoms with E-state index in [1.165, 1.54) is 19.3 Å². The summed E-state index contributed by atoms with van der Waals surface area (Å²) in [5, 5.41) is 19.5. The van der Waals surface area contributed by atoms with Crippen LogP contribution in [0.3, 0.4) is 0 Å². The maximum absolute atomic E-state index is 12.0. The Hall–Kier alpha value is -2.72. The first-order valence-electron chi connectivity index (χ1n) is 11.4. The summed E-state index contributed by atoms with van der Waals surface area (Å²) in [6, 6.07) is 7.62. The fourth-order valence-corrected chi connectivity index (χ4v) is 3.65. The van der Waals surface area contributed by atoms with Crippen LogP contribution in [0.4, 0.5) is 0 Å². The Morgan fingerprint density at radius 2 is 1.42 bits per heavy atom. The number of carboxylic acid groups (broad SMARTS) is 2. The van der Waals surface area contributed by atoms with E-state index < -0.39 is 23.3 Å². The predicted octanol–water partition coefficient (Wildman–Crippen LogP) is 6.12. The van der Waals surface area contributed by atoms with E-state index in [2.05, 4.69) is 30.6 Å². The lowest BCUT2D eigenvalue weighted by Gasteiger charge is -2.30. The lowest BCUT2D eigenvalue weighted by Crippen LogP contribution is -2.44. The molecule has 0 fully saturated rings. The molecular formula is C27H36O4. The molecule has 0 spiro atoms. The summed E-state index contributed by atoms with van der Waals surface area (Å²) < 4.78 is 0. The van der Waals surface area contributed by atoms with Crippen molar-refractivity contribution in [3.63, 3.8) is 0 Å². The van der Waals surface area contributed by atoms with Crippen molar-refractivity contribution < 1.29 is 19.8 Å². The quantitative estimate of drug-likeness (QED) is 0.241. The van der Waals surface area contributed by atoms with Crippen LogP contribution in [0.25, 0.3) is 0 Å². The van der Waals surface area contributed by atoms with E-state index in [1.54, 1.807) is 6.92 Å².